The molecule has 0 N–H and O–H groups in total. The van der Waals surface area contributed by atoms with Gasteiger partial charge in [-0.3, -0.25) is 9.69 Å². The van der Waals surface area contributed by atoms with E-state index in [9.17, 15) is 4.79 Å². The maximum atomic E-state index is 12.2. The highest BCUT2D eigenvalue weighted by atomic mass is 16.5. The largest absolute Gasteiger partial charge is 0.463 e. The Labute approximate surface area is 235 Å². The van der Waals surface area contributed by atoms with E-state index in [1.54, 1.807) is 31.3 Å². The van der Waals surface area contributed by atoms with Crippen LogP contribution in [0, 0.1) is 11.8 Å². The molecule has 0 spiro atoms. The number of amidine groups is 1. The van der Waals surface area contributed by atoms with Crippen LogP contribution in [0.4, 0.5) is 0 Å². The fraction of sp³-hybridized carbons (Fsp3) is 0.562. The second-order valence-corrected chi connectivity index (χ2v) is 10.8. The lowest BCUT2D eigenvalue weighted by Crippen LogP contribution is -2.44. The van der Waals surface area contributed by atoms with E-state index < -0.39 is 0 Å². The number of ether oxygens (including phenoxy) is 2. The highest BCUT2D eigenvalue weighted by Gasteiger charge is 2.28. The van der Waals surface area contributed by atoms with E-state index in [-0.39, 0.29) is 17.9 Å². The zero-order chi connectivity index (χ0) is 28.2. The minimum absolute atomic E-state index is 0.0280. The van der Waals surface area contributed by atoms with Crippen molar-refractivity contribution in [2.75, 3.05) is 53.5 Å². The summed E-state index contributed by atoms with van der Waals surface area (Å²) >= 11 is 0. The summed E-state index contributed by atoms with van der Waals surface area (Å²) in [7, 11) is 3.52. The molecular formula is C32H48N4O3. The lowest BCUT2D eigenvalue weighted by Gasteiger charge is -2.34. The highest BCUT2D eigenvalue weighted by molar-refractivity contribution is 5.87. The van der Waals surface area contributed by atoms with Crippen molar-refractivity contribution >= 4 is 11.7 Å². The van der Waals surface area contributed by atoms with Gasteiger partial charge in [0.2, 0.25) is 5.91 Å². The van der Waals surface area contributed by atoms with Crippen LogP contribution in [-0.2, 0) is 14.3 Å². The highest BCUT2D eigenvalue weighted by Crippen LogP contribution is 2.32. The molecule has 39 heavy (non-hydrogen) atoms. The predicted octanol–water partition coefficient (Wildman–Crippen LogP) is 5.32. The summed E-state index contributed by atoms with van der Waals surface area (Å²) in [6, 6.07) is 0.0958. The SMILES string of the molecule is CC/C=C\CC(C)/C=C/OC1=C(C(C)/C=C\C(=O)N(C)C)C=CC2C=C1N=C(C)N2CCN1CCCOCC1. The first-order valence-electron chi connectivity index (χ1n) is 14.4. The fourth-order valence-electron chi connectivity index (χ4n) is 4.80. The summed E-state index contributed by atoms with van der Waals surface area (Å²) in [6.07, 6.45) is 21.6. The first-order valence-corrected chi connectivity index (χ1v) is 14.4. The van der Waals surface area contributed by atoms with Crippen LogP contribution in [0.5, 0.6) is 0 Å². The normalized spacial score (nSPS) is 22.2. The number of carbonyl (C=O) groups excluding carboxylic acids is 1. The summed E-state index contributed by atoms with van der Waals surface area (Å²) in [5.41, 5.74) is 1.86. The Balaban J connectivity index is 1.82. The molecule has 7 heteroatoms. The summed E-state index contributed by atoms with van der Waals surface area (Å²) in [5, 5.41) is 0. The maximum Gasteiger partial charge on any atom is 0.245 e. The molecule has 0 aromatic heterocycles. The van der Waals surface area contributed by atoms with Gasteiger partial charge in [0.1, 0.15) is 11.5 Å². The van der Waals surface area contributed by atoms with Gasteiger partial charge in [-0.05, 0) is 50.3 Å². The van der Waals surface area contributed by atoms with Gasteiger partial charge in [0.15, 0.2) is 5.76 Å². The number of nitrogens with zero attached hydrogens (tertiary/aromatic N) is 4. The Morgan fingerprint density at radius 1 is 1.21 bits per heavy atom. The fourth-order valence-corrected chi connectivity index (χ4v) is 4.80. The van der Waals surface area contributed by atoms with Crippen LogP contribution in [0.2, 0.25) is 0 Å². The van der Waals surface area contributed by atoms with Gasteiger partial charge in [0.25, 0.3) is 0 Å². The second kappa shape index (κ2) is 15.6. The van der Waals surface area contributed by atoms with Gasteiger partial charge >= 0.3 is 0 Å². The van der Waals surface area contributed by atoms with E-state index in [1.165, 1.54) is 0 Å². The molecule has 1 aliphatic carbocycles. The number of allylic oxidation sites excluding steroid dienone is 6. The molecule has 1 amide bonds. The second-order valence-electron chi connectivity index (χ2n) is 10.8. The van der Waals surface area contributed by atoms with Gasteiger partial charge < -0.3 is 19.3 Å². The van der Waals surface area contributed by atoms with Crippen molar-refractivity contribution in [1.82, 2.24) is 14.7 Å². The lowest BCUT2D eigenvalue weighted by molar-refractivity contribution is -0.123. The monoisotopic (exact) mass is 536 g/mol. The maximum absolute atomic E-state index is 12.2. The first kappa shape index (κ1) is 30.6. The number of hydrogen-bond donors (Lipinski definition) is 0. The molecule has 3 aliphatic rings. The quantitative estimate of drug-likeness (QED) is 0.192. The van der Waals surface area contributed by atoms with E-state index in [2.05, 4.69) is 74.0 Å². The summed E-state index contributed by atoms with van der Waals surface area (Å²) in [4.78, 5) is 23.7. The summed E-state index contributed by atoms with van der Waals surface area (Å²) < 4.78 is 12.0. The van der Waals surface area contributed by atoms with Crippen molar-refractivity contribution in [2.45, 2.75) is 53.0 Å². The molecule has 0 aromatic carbocycles. The molecule has 2 heterocycles. The minimum atomic E-state index is -0.0340. The molecule has 3 unspecified atom stereocenters. The number of amides is 1. The molecule has 2 bridgehead atoms. The Morgan fingerprint density at radius 2 is 2.03 bits per heavy atom. The first-order chi connectivity index (χ1) is 18.8. The zero-order valence-electron chi connectivity index (χ0n) is 24.8. The predicted molar refractivity (Wildman–Crippen MR) is 160 cm³/mol. The van der Waals surface area contributed by atoms with Crippen LogP contribution in [0.3, 0.4) is 0 Å². The van der Waals surface area contributed by atoms with Gasteiger partial charge in [0.05, 0.1) is 18.9 Å². The van der Waals surface area contributed by atoms with Crippen molar-refractivity contribution in [2.24, 2.45) is 16.8 Å². The van der Waals surface area contributed by atoms with Gasteiger partial charge in [-0.25, -0.2) is 4.99 Å². The third kappa shape index (κ3) is 9.36. The Bertz CT molecular complexity index is 1030. The number of carbonyl (C=O) groups is 1. The van der Waals surface area contributed by atoms with Crippen molar-refractivity contribution in [3.8, 4) is 0 Å². The topological polar surface area (TPSA) is 57.6 Å². The Kier molecular flexibility index (Phi) is 12.3. The van der Waals surface area contributed by atoms with Gasteiger partial charge in [-0.1, -0.05) is 51.2 Å². The number of aliphatic imine (C=N–C) groups is 1. The number of fused-ring (bicyclic) bond motifs is 1. The molecule has 3 atom stereocenters. The average molecular weight is 537 g/mol. The van der Waals surface area contributed by atoms with E-state index in [4.69, 9.17) is 14.5 Å². The third-order valence-electron chi connectivity index (χ3n) is 7.29. The third-order valence-corrected chi connectivity index (χ3v) is 7.29. The van der Waals surface area contributed by atoms with Crippen molar-refractivity contribution in [1.29, 1.82) is 0 Å². The van der Waals surface area contributed by atoms with Crippen LogP contribution in [0.15, 0.2) is 76.9 Å². The van der Waals surface area contributed by atoms with Gasteiger partial charge in [0, 0.05) is 58.4 Å². The number of likely N-dealkylation sites (N-methyl/N-ethyl adjacent to an activating group) is 1. The zero-order valence-corrected chi connectivity index (χ0v) is 24.8. The smallest absolute Gasteiger partial charge is 0.245 e. The Hall–Kier alpha value is -2.90. The molecule has 3 rings (SSSR count). The van der Waals surface area contributed by atoms with Crippen molar-refractivity contribution in [3.05, 3.63) is 71.9 Å². The number of rotatable bonds is 12. The molecule has 214 valence electrons. The summed E-state index contributed by atoms with van der Waals surface area (Å²) in [6.45, 7) is 14.1. The lowest BCUT2D eigenvalue weighted by atomic mass is 9.98. The minimum Gasteiger partial charge on any atom is -0.463 e. The van der Waals surface area contributed by atoms with E-state index in [1.807, 2.05) is 6.08 Å². The van der Waals surface area contributed by atoms with Crippen LogP contribution in [0.1, 0.15) is 47.0 Å². The van der Waals surface area contributed by atoms with Crippen molar-refractivity contribution < 1.29 is 14.3 Å². The molecule has 7 nitrogen and oxygen atoms in total. The molecular weight excluding hydrogens is 488 g/mol. The standard InChI is InChI=1S/C32H48N4O3/c1-7-8-9-11-25(2)16-22-39-32-29(26(3)12-15-31(37)34(5)6)14-13-28-24-30(32)33-27(4)36(28)19-18-35-17-10-21-38-23-20-35/h8-9,12-16,22,24-26,28H,7,10-11,17-21,23H2,1-6H3/b9-8-,15-12-,22-16+. The van der Waals surface area contributed by atoms with Crippen LogP contribution < -0.4 is 0 Å². The van der Waals surface area contributed by atoms with Gasteiger partial charge in [-0.15, -0.1) is 0 Å². The van der Waals surface area contributed by atoms with Crippen LogP contribution in [-0.4, -0.2) is 86.0 Å². The molecule has 0 radical (unpaired) electrons. The summed E-state index contributed by atoms with van der Waals surface area (Å²) in [5.74, 6) is 2.04. The molecule has 0 aromatic rings. The molecule has 1 saturated heterocycles. The van der Waals surface area contributed by atoms with E-state index >= 15 is 0 Å². The molecule has 0 saturated carbocycles. The van der Waals surface area contributed by atoms with Crippen LogP contribution in [0.25, 0.3) is 0 Å². The van der Waals surface area contributed by atoms with E-state index in [0.717, 1.165) is 81.5 Å². The van der Waals surface area contributed by atoms with Crippen molar-refractivity contribution in [3.63, 3.8) is 0 Å². The number of hydrogen-bond acceptors (Lipinski definition) is 6. The van der Waals surface area contributed by atoms with Gasteiger partial charge in [-0.2, -0.15) is 0 Å². The van der Waals surface area contributed by atoms with Crippen LogP contribution >= 0.6 is 0 Å². The molecule has 2 aliphatic heterocycles. The Morgan fingerprint density at radius 3 is 2.79 bits per heavy atom. The average Bonchev–Trinajstić information content (AvgIpc) is 3.25. The van der Waals surface area contributed by atoms with E-state index in [0.29, 0.717) is 5.92 Å². The molecule has 1 fully saturated rings.